The number of rotatable bonds is 24. The first kappa shape index (κ1) is 30.4. The van der Waals surface area contributed by atoms with Crippen LogP contribution in [0.25, 0.3) is 0 Å². The van der Waals surface area contributed by atoms with Crippen molar-refractivity contribution in [3.05, 3.63) is 24.3 Å². The summed E-state index contributed by atoms with van der Waals surface area (Å²) in [7, 11) is 4.56. The first-order chi connectivity index (χ1) is 15.2. The Morgan fingerprint density at radius 1 is 0.484 bits per heavy atom. The molecule has 0 aromatic rings. The van der Waals surface area contributed by atoms with Gasteiger partial charge < -0.3 is 4.90 Å². The van der Waals surface area contributed by atoms with Gasteiger partial charge in [-0.3, -0.25) is 0 Å². The molecular weight excluding hydrogens is 374 g/mol. The van der Waals surface area contributed by atoms with Gasteiger partial charge in [0.1, 0.15) is 0 Å². The van der Waals surface area contributed by atoms with Crippen LogP contribution in [0.15, 0.2) is 24.3 Å². The average Bonchev–Trinajstić information content (AvgIpc) is 2.76. The normalized spacial score (nSPS) is 13.2. The van der Waals surface area contributed by atoms with Gasteiger partial charge >= 0.3 is 0 Å². The van der Waals surface area contributed by atoms with E-state index in [0.29, 0.717) is 0 Å². The lowest BCUT2D eigenvalue weighted by Crippen LogP contribution is -2.27. The molecule has 0 saturated carbocycles. The van der Waals surface area contributed by atoms with E-state index in [-0.39, 0.29) is 0 Å². The second-order valence-electron chi connectivity index (χ2n) is 9.90. The van der Waals surface area contributed by atoms with Crippen molar-refractivity contribution in [2.24, 2.45) is 0 Å². The summed E-state index contributed by atoms with van der Waals surface area (Å²) in [6.45, 7) is 4.57. The van der Waals surface area contributed by atoms with Gasteiger partial charge in [-0.15, -0.1) is 0 Å². The summed E-state index contributed by atoms with van der Waals surface area (Å²) >= 11 is 0. The lowest BCUT2D eigenvalue weighted by molar-refractivity contribution is 0.251. The second-order valence-corrected chi connectivity index (χ2v) is 9.90. The Kier molecular flexibility index (Phi) is 25.2. The highest BCUT2D eigenvalue weighted by Crippen LogP contribution is 2.17. The lowest BCUT2D eigenvalue weighted by Gasteiger charge is -2.24. The first-order valence-corrected chi connectivity index (χ1v) is 14.2. The van der Waals surface area contributed by atoms with Crippen LogP contribution in [0.2, 0.25) is 0 Å². The molecule has 0 amide bonds. The standard InChI is InChI=1S/C30H59N/c1-5-7-9-11-13-14-15-16-17-18-19-20-21-22-23-25-27-29-30(31(3)4)28-26-24-12-10-8-6-2/h13-14,16-17,30H,5-12,15,18-29H2,1-4H3. The van der Waals surface area contributed by atoms with Crippen molar-refractivity contribution in [1.82, 2.24) is 4.90 Å². The van der Waals surface area contributed by atoms with Crippen molar-refractivity contribution in [3.63, 3.8) is 0 Å². The van der Waals surface area contributed by atoms with E-state index >= 15 is 0 Å². The van der Waals surface area contributed by atoms with Crippen molar-refractivity contribution in [1.29, 1.82) is 0 Å². The number of nitrogens with zero attached hydrogens (tertiary/aromatic N) is 1. The van der Waals surface area contributed by atoms with E-state index in [9.17, 15) is 0 Å². The number of hydrogen-bond acceptors (Lipinski definition) is 1. The summed E-state index contributed by atoms with van der Waals surface area (Å²) in [6.07, 6.45) is 38.4. The van der Waals surface area contributed by atoms with Gasteiger partial charge in [0.2, 0.25) is 0 Å². The zero-order valence-electron chi connectivity index (χ0n) is 22.2. The molecule has 0 aliphatic heterocycles. The smallest absolute Gasteiger partial charge is 0.00891 e. The van der Waals surface area contributed by atoms with Crippen LogP contribution in [0, 0.1) is 0 Å². The minimum absolute atomic E-state index is 0.809. The quantitative estimate of drug-likeness (QED) is 0.108. The number of allylic oxidation sites excluding steroid dienone is 4. The maximum absolute atomic E-state index is 2.47. The van der Waals surface area contributed by atoms with Crippen molar-refractivity contribution in [2.45, 2.75) is 155 Å². The third-order valence-electron chi connectivity index (χ3n) is 6.61. The Morgan fingerprint density at radius 2 is 0.871 bits per heavy atom. The zero-order chi connectivity index (χ0) is 22.8. The fourth-order valence-corrected chi connectivity index (χ4v) is 4.37. The highest BCUT2D eigenvalue weighted by atomic mass is 15.1. The van der Waals surface area contributed by atoms with Crippen LogP contribution >= 0.6 is 0 Å². The summed E-state index contributed by atoms with van der Waals surface area (Å²) in [5.41, 5.74) is 0. The molecule has 0 saturated heterocycles. The lowest BCUT2D eigenvalue weighted by atomic mass is 9.99. The fourth-order valence-electron chi connectivity index (χ4n) is 4.37. The molecule has 0 aliphatic carbocycles. The van der Waals surface area contributed by atoms with Gasteiger partial charge in [-0.2, -0.15) is 0 Å². The molecule has 31 heavy (non-hydrogen) atoms. The zero-order valence-corrected chi connectivity index (χ0v) is 22.2. The van der Waals surface area contributed by atoms with Crippen LogP contribution in [0.5, 0.6) is 0 Å². The monoisotopic (exact) mass is 433 g/mol. The van der Waals surface area contributed by atoms with Gasteiger partial charge in [0.05, 0.1) is 0 Å². The second kappa shape index (κ2) is 25.7. The van der Waals surface area contributed by atoms with Gasteiger partial charge in [-0.25, -0.2) is 0 Å². The molecule has 0 fully saturated rings. The Labute approximate surface area is 198 Å². The molecule has 1 atom stereocenters. The molecule has 0 aromatic carbocycles. The Bertz CT molecular complexity index is 382. The van der Waals surface area contributed by atoms with Crippen LogP contribution in [0.1, 0.15) is 149 Å². The molecular formula is C30H59N. The Balaban J connectivity index is 3.45. The summed E-state index contributed by atoms with van der Waals surface area (Å²) in [5.74, 6) is 0. The SMILES string of the molecule is CCCCCC=CCC=CCCCCCCCCCC(CCCCCCCC)N(C)C. The van der Waals surface area contributed by atoms with E-state index in [1.165, 1.54) is 128 Å². The maximum atomic E-state index is 2.47. The van der Waals surface area contributed by atoms with Gasteiger partial charge in [-0.05, 0) is 59.0 Å². The molecule has 0 aromatic heterocycles. The Hall–Kier alpha value is -0.560. The van der Waals surface area contributed by atoms with Crippen LogP contribution in [0.3, 0.4) is 0 Å². The topological polar surface area (TPSA) is 3.24 Å². The summed E-state index contributed by atoms with van der Waals surface area (Å²) in [4.78, 5) is 2.47. The van der Waals surface area contributed by atoms with E-state index < -0.39 is 0 Å². The van der Waals surface area contributed by atoms with Crippen molar-refractivity contribution in [3.8, 4) is 0 Å². The molecule has 0 bridgehead atoms. The van der Waals surface area contributed by atoms with Crippen LogP contribution < -0.4 is 0 Å². The molecule has 184 valence electrons. The summed E-state index contributed by atoms with van der Waals surface area (Å²) in [5, 5.41) is 0. The third kappa shape index (κ3) is 23.9. The number of unbranched alkanes of at least 4 members (excludes halogenated alkanes) is 15. The summed E-state index contributed by atoms with van der Waals surface area (Å²) in [6, 6.07) is 0.809. The van der Waals surface area contributed by atoms with Crippen molar-refractivity contribution < 1.29 is 0 Å². The van der Waals surface area contributed by atoms with Crippen LogP contribution in [-0.2, 0) is 0 Å². The van der Waals surface area contributed by atoms with Gasteiger partial charge in [0.25, 0.3) is 0 Å². The molecule has 0 radical (unpaired) electrons. The van der Waals surface area contributed by atoms with Gasteiger partial charge in [0, 0.05) is 6.04 Å². The molecule has 0 rings (SSSR count). The molecule has 0 aliphatic rings. The minimum atomic E-state index is 0.809. The average molecular weight is 434 g/mol. The first-order valence-electron chi connectivity index (χ1n) is 14.2. The van der Waals surface area contributed by atoms with E-state index in [1.54, 1.807) is 0 Å². The van der Waals surface area contributed by atoms with Gasteiger partial charge in [-0.1, -0.05) is 128 Å². The van der Waals surface area contributed by atoms with Gasteiger partial charge in [0.15, 0.2) is 0 Å². The minimum Gasteiger partial charge on any atom is -0.306 e. The molecule has 0 N–H and O–H groups in total. The van der Waals surface area contributed by atoms with Crippen LogP contribution in [0.4, 0.5) is 0 Å². The molecule has 1 nitrogen and oxygen atoms in total. The summed E-state index contributed by atoms with van der Waals surface area (Å²) < 4.78 is 0. The Morgan fingerprint density at radius 3 is 1.35 bits per heavy atom. The van der Waals surface area contributed by atoms with Crippen LogP contribution in [-0.4, -0.2) is 25.0 Å². The third-order valence-corrected chi connectivity index (χ3v) is 6.61. The molecule has 0 spiro atoms. The molecule has 1 heteroatoms. The van der Waals surface area contributed by atoms with E-state index in [4.69, 9.17) is 0 Å². The molecule has 0 heterocycles. The van der Waals surface area contributed by atoms with E-state index in [1.807, 2.05) is 0 Å². The number of hydrogen-bond donors (Lipinski definition) is 0. The highest BCUT2D eigenvalue weighted by Gasteiger charge is 2.10. The predicted octanol–water partition coefficient (Wildman–Crippen LogP) is 10.3. The largest absolute Gasteiger partial charge is 0.306 e. The maximum Gasteiger partial charge on any atom is 0.00891 e. The van der Waals surface area contributed by atoms with E-state index in [2.05, 4.69) is 57.1 Å². The van der Waals surface area contributed by atoms with Crippen molar-refractivity contribution >= 4 is 0 Å². The molecule has 1 unspecified atom stereocenters. The predicted molar refractivity (Wildman–Crippen MR) is 144 cm³/mol. The van der Waals surface area contributed by atoms with Crippen molar-refractivity contribution in [2.75, 3.05) is 14.1 Å². The fraction of sp³-hybridized carbons (Fsp3) is 0.867. The van der Waals surface area contributed by atoms with E-state index in [0.717, 1.165) is 12.5 Å². The highest BCUT2D eigenvalue weighted by molar-refractivity contribution is 4.92.